The minimum Gasteiger partial charge on any atom is -0.300 e. The van der Waals surface area contributed by atoms with E-state index in [1.54, 1.807) is 0 Å². The summed E-state index contributed by atoms with van der Waals surface area (Å²) in [4.78, 5) is 41.0. The van der Waals surface area contributed by atoms with Crippen LogP contribution >= 0.6 is 0 Å². The Hall–Kier alpha value is -2.05. The zero-order valence-corrected chi connectivity index (χ0v) is 5.72. The number of hydrogen-bond acceptors (Lipinski definition) is 3. The van der Waals surface area contributed by atoms with E-state index in [2.05, 4.69) is 15.0 Å². The molecule has 2 rings (SSSR count). The van der Waals surface area contributed by atoms with E-state index in [0.717, 1.165) is 0 Å². The fraction of sp³-hybridized carbons (Fsp3) is 0. The summed E-state index contributed by atoms with van der Waals surface area (Å²) in [5.41, 5.74) is -1.65. The van der Waals surface area contributed by atoms with Gasteiger partial charge in [-0.05, 0) is 0 Å². The fourth-order valence-electron chi connectivity index (χ4n) is 0.958. The number of rotatable bonds is 0. The van der Waals surface area contributed by atoms with E-state index in [0.29, 0.717) is 0 Å². The molecular weight excluding hydrogens is 165 g/mol. The molecule has 0 spiro atoms. The minimum absolute atomic E-state index is 0.0413. The van der Waals surface area contributed by atoms with Crippen molar-refractivity contribution in [3.63, 3.8) is 0 Å². The average molecular weight is 169 g/mol. The van der Waals surface area contributed by atoms with Crippen molar-refractivity contribution in [1.82, 2.24) is 19.9 Å². The molecule has 0 fully saturated rings. The molecule has 0 atom stereocenters. The van der Waals surface area contributed by atoms with Crippen molar-refractivity contribution in [3.8, 4) is 0 Å². The normalized spacial score (nSPS) is 10.7. The molecule has 0 aliphatic rings. The van der Waals surface area contributed by atoms with Gasteiger partial charge in [0.1, 0.15) is 11.2 Å². The lowest BCUT2D eigenvalue weighted by Gasteiger charge is -1.83. The second-order valence-electron chi connectivity index (χ2n) is 2.24. The van der Waals surface area contributed by atoms with Crippen molar-refractivity contribution < 1.29 is 0 Å². The van der Waals surface area contributed by atoms with Crippen molar-refractivity contribution >= 4 is 11.2 Å². The largest absolute Gasteiger partial charge is 0.327 e. The third-order valence-electron chi connectivity index (χ3n) is 1.42. The first-order valence-electron chi connectivity index (χ1n) is 3.11. The average Bonchev–Trinajstić information content (AvgIpc) is 2.29. The Kier molecular flexibility index (Phi) is 1.09. The molecule has 2 heterocycles. The molecule has 4 N–H and O–H groups in total. The lowest BCUT2D eigenvalue weighted by molar-refractivity contribution is 1.07. The molecule has 0 radical (unpaired) electrons. The number of aromatic amines is 4. The zero-order valence-electron chi connectivity index (χ0n) is 5.72. The summed E-state index contributed by atoms with van der Waals surface area (Å²) in [5, 5.41) is 0. The summed E-state index contributed by atoms with van der Waals surface area (Å²) in [6, 6.07) is 0. The molecule has 0 aromatic carbocycles. The standard InChI is InChI=1S/C5H4N4O3/c10-3-1-2(7-4(11)6-1)8-5(12)9-3/h(H4,6,7,8,9,10,11,12)/i5+1. The molecule has 2 aromatic heterocycles. The summed E-state index contributed by atoms with van der Waals surface area (Å²) < 4.78 is 0. The number of imidazole rings is 1. The van der Waals surface area contributed by atoms with Gasteiger partial charge < -0.3 is 0 Å². The van der Waals surface area contributed by atoms with E-state index in [-0.39, 0.29) is 11.2 Å². The monoisotopic (exact) mass is 169 g/mol. The van der Waals surface area contributed by atoms with E-state index in [4.69, 9.17) is 0 Å². The predicted molar refractivity (Wildman–Crippen MR) is 40.2 cm³/mol. The summed E-state index contributed by atoms with van der Waals surface area (Å²) in [6.07, 6.45) is 0. The van der Waals surface area contributed by atoms with Crippen LogP contribution in [0, 0.1) is 0 Å². The molecule has 0 amide bonds. The van der Waals surface area contributed by atoms with Gasteiger partial charge in [0, 0.05) is 0 Å². The van der Waals surface area contributed by atoms with Crippen molar-refractivity contribution in [2.24, 2.45) is 0 Å². The molecule has 62 valence electrons. The molecule has 0 saturated carbocycles. The molecule has 12 heavy (non-hydrogen) atoms. The van der Waals surface area contributed by atoms with E-state index < -0.39 is 16.9 Å². The summed E-state index contributed by atoms with van der Waals surface area (Å²) >= 11 is 0. The van der Waals surface area contributed by atoms with Crippen LogP contribution < -0.4 is 16.9 Å². The van der Waals surface area contributed by atoms with E-state index >= 15 is 0 Å². The van der Waals surface area contributed by atoms with Gasteiger partial charge in [-0.3, -0.25) is 24.7 Å². The molecule has 7 nitrogen and oxygen atoms in total. The molecule has 2 aromatic rings. The van der Waals surface area contributed by atoms with Crippen molar-refractivity contribution in [2.45, 2.75) is 0 Å². The highest BCUT2D eigenvalue weighted by atomic mass is 16.2. The van der Waals surface area contributed by atoms with Gasteiger partial charge in [0.25, 0.3) is 5.56 Å². The maximum atomic E-state index is 10.9. The maximum Gasteiger partial charge on any atom is 0.327 e. The van der Waals surface area contributed by atoms with Crippen LogP contribution in [0.2, 0.25) is 0 Å². The van der Waals surface area contributed by atoms with Crippen molar-refractivity contribution in [2.75, 3.05) is 0 Å². The van der Waals surface area contributed by atoms with Gasteiger partial charge in [-0.25, -0.2) is 9.59 Å². The van der Waals surface area contributed by atoms with Gasteiger partial charge in [-0.1, -0.05) is 0 Å². The Morgan fingerprint density at radius 2 is 1.33 bits per heavy atom. The molecular formula is C5H4N4O3. The first-order valence-corrected chi connectivity index (χ1v) is 3.11. The fourth-order valence-corrected chi connectivity index (χ4v) is 0.958. The SMILES string of the molecule is O=c1[nH]c2[nH][13c](=O)[nH]c(=O)c2[nH]1. The highest BCUT2D eigenvalue weighted by Gasteiger charge is 2.02. The molecule has 0 aliphatic carbocycles. The van der Waals surface area contributed by atoms with E-state index in [9.17, 15) is 14.4 Å². The van der Waals surface area contributed by atoms with Crippen LogP contribution in [-0.2, 0) is 0 Å². The topological polar surface area (TPSA) is 114 Å². The van der Waals surface area contributed by atoms with E-state index in [1.165, 1.54) is 0 Å². The van der Waals surface area contributed by atoms with Gasteiger partial charge >= 0.3 is 11.4 Å². The lowest BCUT2D eigenvalue weighted by Crippen LogP contribution is -2.21. The summed E-state index contributed by atoms with van der Waals surface area (Å²) in [7, 11) is 0. The Labute approximate surface area is 63.5 Å². The number of nitrogens with one attached hydrogen (secondary N) is 4. The lowest BCUT2D eigenvalue weighted by atomic mass is 10.6. The van der Waals surface area contributed by atoms with Gasteiger partial charge in [0.05, 0.1) is 0 Å². The molecule has 0 saturated heterocycles. The molecule has 0 bridgehead atoms. The quantitative estimate of drug-likeness (QED) is 0.374. The Morgan fingerprint density at radius 1 is 0.750 bits per heavy atom. The second-order valence-corrected chi connectivity index (χ2v) is 2.24. The molecule has 0 unspecified atom stereocenters. The number of H-pyrrole nitrogens is 4. The van der Waals surface area contributed by atoms with Crippen LogP contribution in [0.3, 0.4) is 0 Å². The summed E-state index contributed by atoms with van der Waals surface area (Å²) in [6.45, 7) is 0. The van der Waals surface area contributed by atoms with Gasteiger partial charge in [0.15, 0.2) is 0 Å². The third kappa shape index (κ3) is 0.797. The smallest absolute Gasteiger partial charge is 0.300 e. The van der Waals surface area contributed by atoms with Crippen LogP contribution in [0.1, 0.15) is 0 Å². The number of aromatic nitrogens is 4. The van der Waals surface area contributed by atoms with E-state index in [1.807, 2.05) is 4.98 Å². The zero-order chi connectivity index (χ0) is 8.72. The van der Waals surface area contributed by atoms with Crippen LogP contribution in [0.25, 0.3) is 11.2 Å². The maximum absolute atomic E-state index is 10.9. The Balaban J connectivity index is 3.18. The minimum atomic E-state index is -0.650. The van der Waals surface area contributed by atoms with Crippen molar-refractivity contribution in [1.29, 1.82) is 0 Å². The Bertz CT molecular complexity index is 583. The van der Waals surface area contributed by atoms with Gasteiger partial charge in [-0.15, -0.1) is 0 Å². The van der Waals surface area contributed by atoms with Gasteiger partial charge in [-0.2, -0.15) is 0 Å². The van der Waals surface area contributed by atoms with Crippen LogP contribution in [0.5, 0.6) is 0 Å². The summed E-state index contributed by atoms with van der Waals surface area (Å²) in [5.74, 6) is 0. The number of fused-ring (bicyclic) bond motifs is 1. The predicted octanol–water partition coefficient (Wildman–Crippen LogP) is -1.77. The van der Waals surface area contributed by atoms with Crippen LogP contribution in [0.15, 0.2) is 14.4 Å². The second kappa shape index (κ2) is 1.97. The Morgan fingerprint density at radius 3 is 2.00 bits per heavy atom. The molecule has 7 heteroatoms. The molecule has 0 aliphatic heterocycles. The van der Waals surface area contributed by atoms with Gasteiger partial charge in [0.2, 0.25) is 0 Å². The third-order valence-corrected chi connectivity index (χ3v) is 1.42. The van der Waals surface area contributed by atoms with Crippen molar-refractivity contribution in [3.05, 3.63) is 31.3 Å². The highest BCUT2D eigenvalue weighted by molar-refractivity contribution is 5.67. The first-order chi connectivity index (χ1) is 5.66. The highest BCUT2D eigenvalue weighted by Crippen LogP contribution is 1.88. The van der Waals surface area contributed by atoms with Crippen LogP contribution in [-0.4, -0.2) is 19.9 Å². The van der Waals surface area contributed by atoms with Crippen LogP contribution in [0.4, 0.5) is 0 Å². The number of hydrogen-bond donors (Lipinski definition) is 4. The first kappa shape index (κ1) is 6.65.